The van der Waals surface area contributed by atoms with Crippen molar-refractivity contribution in [3.8, 4) is 5.75 Å². The van der Waals surface area contributed by atoms with E-state index in [1.165, 1.54) is 5.54 Å². The van der Waals surface area contributed by atoms with Gasteiger partial charge in [-0.15, -0.1) is 0 Å². The third kappa shape index (κ3) is 2.04. The molecule has 1 aliphatic heterocycles. The molecule has 94 valence electrons. The molecular formula is C16H11ClO2. The fourth-order valence-corrected chi connectivity index (χ4v) is 2.42. The van der Waals surface area contributed by atoms with Gasteiger partial charge in [-0.25, -0.2) is 0 Å². The van der Waals surface area contributed by atoms with Crippen molar-refractivity contribution >= 4 is 17.4 Å². The maximum Gasteiger partial charge on any atom is 0.197 e. The second-order valence-corrected chi connectivity index (χ2v) is 4.52. The number of hydrogen-bond acceptors (Lipinski definition) is 2. The number of ketones is 1. The first-order chi connectivity index (χ1) is 9.31. The largest absolute Gasteiger partial charge is 0.480 e. The molecule has 0 bridgehead atoms. The lowest BCUT2D eigenvalue weighted by atomic mass is 9.92. The normalized spacial score (nSPS) is 19.9. The average Bonchev–Trinajstić information content (AvgIpc) is 2.48. The highest BCUT2D eigenvalue weighted by atomic mass is 35.5. The average molecular weight is 271 g/mol. The Kier molecular flexibility index (Phi) is 3.10. The number of fused-ring (bicyclic) bond motifs is 1. The number of benzene rings is 2. The van der Waals surface area contributed by atoms with Gasteiger partial charge in [0.1, 0.15) is 5.75 Å². The lowest BCUT2D eigenvalue weighted by Crippen LogP contribution is -2.23. The van der Waals surface area contributed by atoms with Gasteiger partial charge < -0.3 is 4.74 Å². The summed E-state index contributed by atoms with van der Waals surface area (Å²) in [5.74, 6) is 0.523. The number of halogens is 1. The zero-order chi connectivity index (χ0) is 13.2. The Balaban J connectivity index is 2.11. The first-order valence-corrected chi connectivity index (χ1v) is 6.40. The first kappa shape index (κ1) is 12.0. The minimum atomic E-state index is -0.443. The Hall–Kier alpha value is -2.06. The van der Waals surface area contributed by atoms with Gasteiger partial charge >= 0.3 is 0 Å². The quantitative estimate of drug-likeness (QED) is 0.729. The SMILES string of the molecule is O=C1/C(=C/Cl)[C@H](c2ccccc2)Oc2ccccc21. The van der Waals surface area contributed by atoms with Crippen LogP contribution in [0.25, 0.3) is 0 Å². The topological polar surface area (TPSA) is 26.3 Å². The fourth-order valence-electron chi connectivity index (χ4n) is 2.20. The highest BCUT2D eigenvalue weighted by Gasteiger charge is 2.32. The number of carbonyl (C=O) groups excluding carboxylic acids is 1. The molecule has 19 heavy (non-hydrogen) atoms. The van der Waals surface area contributed by atoms with Crippen molar-refractivity contribution in [3.05, 3.63) is 76.8 Å². The predicted octanol–water partition coefficient (Wildman–Crippen LogP) is 4.13. The number of Topliss-reactive ketones (excluding diaryl/α,β-unsaturated/α-hetero) is 1. The molecule has 2 aromatic rings. The van der Waals surface area contributed by atoms with E-state index in [9.17, 15) is 4.79 Å². The molecule has 0 N–H and O–H groups in total. The van der Waals surface area contributed by atoms with Crippen molar-refractivity contribution in [3.63, 3.8) is 0 Å². The van der Waals surface area contributed by atoms with E-state index >= 15 is 0 Å². The third-order valence-corrected chi connectivity index (χ3v) is 3.38. The highest BCUT2D eigenvalue weighted by Crippen LogP contribution is 2.38. The van der Waals surface area contributed by atoms with Gasteiger partial charge in [-0.3, -0.25) is 4.79 Å². The molecule has 0 spiro atoms. The molecule has 2 nitrogen and oxygen atoms in total. The van der Waals surface area contributed by atoms with Gasteiger partial charge in [0.05, 0.1) is 11.1 Å². The molecule has 1 aliphatic rings. The van der Waals surface area contributed by atoms with E-state index in [0.717, 1.165) is 5.56 Å². The summed E-state index contributed by atoms with van der Waals surface area (Å²) in [7, 11) is 0. The Bertz CT molecular complexity index is 647. The number of para-hydroxylation sites is 1. The maximum atomic E-state index is 12.4. The van der Waals surface area contributed by atoms with Gasteiger partial charge in [0.25, 0.3) is 0 Å². The highest BCUT2D eigenvalue weighted by molar-refractivity contribution is 6.29. The zero-order valence-electron chi connectivity index (χ0n) is 10.0. The van der Waals surface area contributed by atoms with Crippen molar-refractivity contribution in [2.45, 2.75) is 6.10 Å². The van der Waals surface area contributed by atoms with Crippen LogP contribution in [-0.2, 0) is 0 Å². The van der Waals surface area contributed by atoms with Crippen LogP contribution in [0.1, 0.15) is 22.0 Å². The first-order valence-electron chi connectivity index (χ1n) is 5.97. The van der Waals surface area contributed by atoms with Crippen LogP contribution in [0.5, 0.6) is 5.75 Å². The second-order valence-electron chi connectivity index (χ2n) is 4.30. The van der Waals surface area contributed by atoms with Gasteiger partial charge in [0, 0.05) is 5.54 Å². The molecule has 1 atom stereocenters. The maximum absolute atomic E-state index is 12.4. The van der Waals surface area contributed by atoms with Gasteiger partial charge in [-0.1, -0.05) is 54.1 Å². The van der Waals surface area contributed by atoms with E-state index in [2.05, 4.69) is 0 Å². The van der Waals surface area contributed by atoms with Crippen LogP contribution >= 0.6 is 11.6 Å². The summed E-state index contributed by atoms with van der Waals surface area (Å²) in [6.45, 7) is 0. The molecule has 3 rings (SSSR count). The smallest absolute Gasteiger partial charge is 0.197 e. The summed E-state index contributed by atoms with van der Waals surface area (Å²) in [5.41, 5.74) is 3.25. The van der Waals surface area contributed by atoms with Crippen molar-refractivity contribution in [2.75, 3.05) is 0 Å². The summed E-state index contributed by atoms with van der Waals surface area (Å²) in [6, 6.07) is 16.8. The second kappa shape index (κ2) is 4.90. The Labute approximate surface area is 116 Å². The van der Waals surface area contributed by atoms with Crippen molar-refractivity contribution < 1.29 is 9.53 Å². The molecule has 1 heterocycles. The molecule has 0 aromatic heterocycles. The molecule has 0 amide bonds. The molecule has 0 saturated heterocycles. The van der Waals surface area contributed by atoms with Crippen LogP contribution < -0.4 is 4.74 Å². The molecule has 2 aromatic carbocycles. The van der Waals surface area contributed by atoms with Crippen LogP contribution in [0, 0.1) is 0 Å². The van der Waals surface area contributed by atoms with Crippen LogP contribution in [-0.4, -0.2) is 5.78 Å². The molecule has 0 unspecified atom stereocenters. The Morgan fingerprint density at radius 2 is 1.68 bits per heavy atom. The fraction of sp³-hybridized carbons (Fsp3) is 0.0625. The van der Waals surface area contributed by atoms with Crippen LogP contribution in [0.2, 0.25) is 0 Å². The number of ether oxygens (including phenoxy) is 1. The summed E-state index contributed by atoms with van der Waals surface area (Å²) < 4.78 is 5.92. The summed E-state index contributed by atoms with van der Waals surface area (Å²) in [4.78, 5) is 12.4. The summed E-state index contributed by atoms with van der Waals surface area (Å²) >= 11 is 5.82. The van der Waals surface area contributed by atoms with Gasteiger partial charge in [0.2, 0.25) is 0 Å². The van der Waals surface area contributed by atoms with E-state index in [1.807, 2.05) is 42.5 Å². The van der Waals surface area contributed by atoms with Crippen molar-refractivity contribution in [1.29, 1.82) is 0 Å². The third-order valence-electron chi connectivity index (χ3n) is 3.14. The van der Waals surface area contributed by atoms with E-state index in [0.29, 0.717) is 16.9 Å². The zero-order valence-corrected chi connectivity index (χ0v) is 10.8. The van der Waals surface area contributed by atoms with Crippen molar-refractivity contribution in [1.82, 2.24) is 0 Å². The minimum absolute atomic E-state index is 0.0781. The number of rotatable bonds is 1. The number of carbonyl (C=O) groups is 1. The number of hydrogen-bond donors (Lipinski definition) is 0. The van der Waals surface area contributed by atoms with E-state index in [-0.39, 0.29) is 5.78 Å². The van der Waals surface area contributed by atoms with Crippen LogP contribution in [0.3, 0.4) is 0 Å². The Morgan fingerprint density at radius 1 is 1.00 bits per heavy atom. The molecule has 0 fully saturated rings. The standard InChI is InChI=1S/C16H11ClO2/c17-10-13-15(18)12-8-4-5-9-14(12)19-16(13)11-6-2-1-3-7-11/h1-10,16H/b13-10-/t16-/m0/s1. The van der Waals surface area contributed by atoms with Gasteiger partial charge in [-0.05, 0) is 17.7 Å². The molecule has 0 aliphatic carbocycles. The van der Waals surface area contributed by atoms with Gasteiger partial charge in [0.15, 0.2) is 11.9 Å². The predicted molar refractivity (Wildman–Crippen MR) is 74.5 cm³/mol. The lowest BCUT2D eigenvalue weighted by molar-refractivity contribution is 0.0961. The van der Waals surface area contributed by atoms with Crippen LogP contribution in [0.4, 0.5) is 0 Å². The lowest BCUT2D eigenvalue weighted by Gasteiger charge is -2.27. The van der Waals surface area contributed by atoms with Gasteiger partial charge in [-0.2, -0.15) is 0 Å². The van der Waals surface area contributed by atoms with E-state index in [4.69, 9.17) is 16.3 Å². The molecule has 0 radical (unpaired) electrons. The van der Waals surface area contributed by atoms with E-state index < -0.39 is 6.10 Å². The molecular weight excluding hydrogens is 260 g/mol. The molecule has 0 saturated carbocycles. The molecule has 3 heteroatoms. The van der Waals surface area contributed by atoms with Crippen molar-refractivity contribution in [2.24, 2.45) is 0 Å². The minimum Gasteiger partial charge on any atom is -0.480 e. The van der Waals surface area contributed by atoms with E-state index in [1.54, 1.807) is 12.1 Å². The summed E-state index contributed by atoms with van der Waals surface area (Å²) in [6.07, 6.45) is -0.443. The summed E-state index contributed by atoms with van der Waals surface area (Å²) in [5, 5.41) is 0. The van der Waals surface area contributed by atoms with Crippen LogP contribution in [0.15, 0.2) is 65.7 Å². The monoisotopic (exact) mass is 270 g/mol. The Morgan fingerprint density at radius 3 is 2.42 bits per heavy atom.